The highest BCUT2D eigenvalue weighted by molar-refractivity contribution is 9.10. The zero-order valence-corrected chi connectivity index (χ0v) is 12.5. The van der Waals surface area contributed by atoms with E-state index in [9.17, 15) is 5.11 Å². The summed E-state index contributed by atoms with van der Waals surface area (Å²) in [6, 6.07) is 6.28. The minimum atomic E-state index is 0.305. The predicted molar refractivity (Wildman–Crippen MR) is 78.7 cm³/mol. The molecular weight excluding hydrogens is 290 g/mol. The summed E-state index contributed by atoms with van der Waals surface area (Å²) in [5.41, 5.74) is 1.21. The minimum absolute atomic E-state index is 0.305. The highest BCUT2D eigenvalue weighted by Crippen LogP contribution is 2.27. The number of aromatic hydroxyl groups is 1. The van der Waals surface area contributed by atoms with E-state index in [0.29, 0.717) is 11.8 Å². The summed E-state index contributed by atoms with van der Waals surface area (Å²) < 4.78 is 0.770. The SMILES string of the molecule is C[C@H](NCc1ccc(O)c(Br)c1)C1CCCCC1. The average molecular weight is 312 g/mol. The third kappa shape index (κ3) is 3.72. The maximum Gasteiger partial charge on any atom is 0.129 e. The molecule has 100 valence electrons. The maximum absolute atomic E-state index is 9.46. The zero-order valence-electron chi connectivity index (χ0n) is 11.0. The summed E-state index contributed by atoms with van der Waals surface area (Å²) in [5.74, 6) is 1.14. The molecule has 0 unspecified atom stereocenters. The number of benzene rings is 1. The van der Waals surface area contributed by atoms with Crippen molar-refractivity contribution in [2.45, 2.75) is 51.6 Å². The first kappa shape index (κ1) is 13.9. The van der Waals surface area contributed by atoms with Crippen molar-refractivity contribution >= 4 is 15.9 Å². The van der Waals surface area contributed by atoms with E-state index in [1.807, 2.05) is 12.1 Å². The molecule has 2 rings (SSSR count). The van der Waals surface area contributed by atoms with Crippen LogP contribution in [0.3, 0.4) is 0 Å². The first-order chi connectivity index (χ1) is 8.66. The Balaban J connectivity index is 1.84. The van der Waals surface area contributed by atoms with E-state index in [4.69, 9.17) is 0 Å². The highest BCUT2D eigenvalue weighted by Gasteiger charge is 2.19. The van der Waals surface area contributed by atoms with Gasteiger partial charge in [0.15, 0.2) is 0 Å². The van der Waals surface area contributed by atoms with Crippen LogP contribution in [0.2, 0.25) is 0 Å². The van der Waals surface area contributed by atoms with Crippen LogP contribution in [0.15, 0.2) is 22.7 Å². The Morgan fingerprint density at radius 3 is 2.72 bits per heavy atom. The molecule has 1 aromatic carbocycles. The Kier molecular flexibility index (Phi) is 5.07. The van der Waals surface area contributed by atoms with Gasteiger partial charge >= 0.3 is 0 Å². The van der Waals surface area contributed by atoms with Crippen molar-refractivity contribution in [2.75, 3.05) is 0 Å². The van der Waals surface area contributed by atoms with Crippen molar-refractivity contribution in [1.29, 1.82) is 0 Å². The van der Waals surface area contributed by atoms with Gasteiger partial charge in [-0.25, -0.2) is 0 Å². The number of phenolic OH excluding ortho intramolecular Hbond substituents is 1. The standard InChI is InChI=1S/C15H22BrNO/c1-11(13-5-3-2-4-6-13)17-10-12-7-8-15(18)14(16)9-12/h7-9,11,13,17-18H,2-6,10H2,1H3/t11-/m0/s1. The molecule has 1 aliphatic rings. The van der Waals surface area contributed by atoms with E-state index in [1.54, 1.807) is 6.07 Å². The minimum Gasteiger partial charge on any atom is -0.507 e. The average Bonchev–Trinajstić information content (AvgIpc) is 2.41. The van der Waals surface area contributed by atoms with Gasteiger partial charge in [0.25, 0.3) is 0 Å². The van der Waals surface area contributed by atoms with E-state index in [-0.39, 0.29) is 0 Å². The van der Waals surface area contributed by atoms with Crippen LogP contribution in [-0.2, 0) is 6.54 Å². The Bertz CT molecular complexity index is 388. The molecule has 2 nitrogen and oxygen atoms in total. The third-order valence-corrected chi connectivity index (χ3v) is 4.63. The van der Waals surface area contributed by atoms with E-state index < -0.39 is 0 Å². The highest BCUT2D eigenvalue weighted by atomic mass is 79.9. The summed E-state index contributed by atoms with van der Waals surface area (Å²) in [6.45, 7) is 3.17. The van der Waals surface area contributed by atoms with Crippen LogP contribution in [0.5, 0.6) is 5.75 Å². The van der Waals surface area contributed by atoms with Crippen molar-refractivity contribution < 1.29 is 5.11 Å². The monoisotopic (exact) mass is 311 g/mol. The largest absolute Gasteiger partial charge is 0.507 e. The molecule has 0 saturated heterocycles. The van der Waals surface area contributed by atoms with Gasteiger partial charge < -0.3 is 10.4 Å². The van der Waals surface area contributed by atoms with Gasteiger partial charge in [-0.3, -0.25) is 0 Å². The molecule has 18 heavy (non-hydrogen) atoms. The summed E-state index contributed by atoms with van der Waals surface area (Å²) in [5, 5.41) is 13.1. The number of rotatable bonds is 4. The van der Waals surface area contributed by atoms with E-state index >= 15 is 0 Å². The van der Waals surface area contributed by atoms with Gasteiger partial charge in [-0.05, 0) is 59.3 Å². The lowest BCUT2D eigenvalue weighted by Crippen LogP contribution is -2.34. The fourth-order valence-electron chi connectivity index (χ4n) is 2.74. The molecule has 1 fully saturated rings. The van der Waals surface area contributed by atoms with E-state index in [0.717, 1.165) is 16.9 Å². The molecule has 0 radical (unpaired) electrons. The van der Waals surface area contributed by atoms with E-state index in [1.165, 1.54) is 37.7 Å². The molecule has 0 aromatic heterocycles. The lowest BCUT2D eigenvalue weighted by Gasteiger charge is -2.28. The van der Waals surface area contributed by atoms with Crippen LogP contribution in [-0.4, -0.2) is 11.1 Å². The molecular formula is C15H22BrNO. The summed E-state index contributed by atoms with van der Waals surface area (Å²) >= 11 is 3.35. The fraction of sp³-hybridized carbons (Fsp3) is 0.600. The summed E-state index contributed by atoms with van der Waals surface area (Å²) in [6.07, 6.45) is 6.93. The Labute approximate surface area is 118 Å². The molecule has 1 saturated carbocycles. The Morgan fingerprint density at radius 2 is 2.06 bits per heavy atom. The van der Waals surface area contributed by atoms with Crippen molar-refractivity contribution in [3.63, 3.8) is 0 Å². The molecule has 0 bridgehead atoms. The predicted octanol–water partition coefficient (Wildman–Crippen LogP) is 4.21. The van der Waals surface area contributed by atoms with Gasteiger partial charge in [-0.15, -0.1) is 0 Å². The number of hydrogen-bond donors (Lipinski definition) is 2. The summed E-state index contributed by atoms with van der Waals surface area (Å²) in [4.78, 5) is 0. The second kappa shape index (κ2) is 6.58. The van der Waals surface area contributed by atoms with Gasteiger partial charge in [0.05, 0.1) is 4.47 Å². The van der Waals surface area contributed by atoms with Gasteiger partial charge in [0.2, 0.25) is 0 Å². The second-order valence-electron chi connectivity index (χ2n) is 5.35. The van der Waals surface area contributed by atoms with Gasteiger partial charge in [-0.2, -0.15) is 0 Å². The molecule has 2 N–H and O–H groups in total. The van der Waals surface area contributed by atoms with Gasteiger partial charge in [-0.1, -0.05) is 25.3 Å². The van der Waals surface area contributed by atoms with Crippen molar-refractivity contribution in [1.82, 2.24) is 5.32 Å². The lowest BCUT2D eigenvalue weighted by molar-refractivity contribution is 0.280. The molecule has 0 heterocycles. The normalized spacial score (nSPS) is 18.8. The number of nitrogens with one attached hydrogen (secondary N) is 1. The fourth-order valence-corrected chi connectivity index (χ4v) is 3.17. The van der Waals surface area contributed by atoms with Crippen LogP contribution in [0.4, 0.5) is 0 Å². The quantitative estimate of drug-likeness (QED) is 0.873. The van der Waals surface area contributed by atoms with Gasteiger partial charge in [0.1, 0.15) is 5.75 Å². The molecule has 1 aromatic rings. The molecule has 1 aliphatic carbocycles. The van der Waals surface area contributed by atoms with Crippen LogP contribution >= 0.6 is 15.9 Å². The molecule has 1 atom stereocenters. The van der Waals surface area contributed by atoms with Crippen molar-refractivity contribution in [3.05, 3.63) is 28.2 Å². The molecule has 0 amide bonds. The molecule has 0 aliphatic heterocycles. The second-order valence-corrected chi connectivity index (χ2v) is 6.21. The van der Waals surface area contributed by atoms with E-state index in [2.05, 4.69) is 28.2 Å². The number of hydrogen-bond acceptors (Lipinski definition) is 2. The molecule has 0 spiro atoms. The van der Waals surface area contributed by atoms with Crippen LogP contribution in [0, 0.1) is 5.92 Å². The molecule has 3 heteroatoms. The first-order valence-electron chi connectivity index (χ1n) is 6.87. The van der Waals surface area contributed by atoms with Gasteiger partial charge in [0, 0.05) is 12.6 Å². The number of halogens is 1. The first-order valence-corrected chi connectivity index (χ1v) is 7.67. The Morgan fingerprint density at radius 1 is 1.33 bits per heavy atom. The van der Waals surface area contributed by atoms with Crippen LogP contribution in [0.25, 0.3) is 0 Å². The topological polar surface area (TPSA) is 32.3 Å². The van der Waals surface area contributed by atoms with Crippen LogP contribution in [0.1, 0.15) is 44.6 Å². The van der Waals surface area contributed by atoms with Crippen molar-refractivity contribution in [3.8, 4) is 5.75 Å². The smallest absolute Gasteiger partial charge is 0.129 e. The number of phenols is 1. The summed E-state index contributed by atoms with van der Waals surface area (Å²) in [7, 11) is 0. The third-order valence-electron chi connectivity index (χ3n) is 4.00. The maximum atomic E-state index is 9.46. The van der Waals surface area contributed by atoms with Crippen LogP contribution < -0.4 is 5.32 Å². The van der Waals surface area contributed by atoms with Crippen molar-refractivity contribution in [2.24, 2.45) is 5.92 Å². The Hall–Kier alpha value is -0.540. The lowest BCUT2D eigenvalue weighted by atomic mass is 9.84. The zero-order chi connectivity index (χ0) is 13.0.